The zero-order valence-corrected chi connectivity index (χ0v) is 10.2. The van der Waals surface area contributed by atoms with Crippen molar-refractivity contribution in [1.29, 1.82) is 0 Å². The van der Waals surface area contributed by atoms with E-state index in [0.29, 0.717) is 10.7 Å². The third-order valence-corrected chi connectivity index (χ3v) is 5.83. The van der Waals surface area contributed by atoms with Crippen LogP contribution in [0.5, 0.6) is 0 Å². The molecule has 2 fully saturated rings. The van der Waals surface area contributed by atoms with Crippen molar-refractivity contribution in [2.75, 3.05) is 0 Å². The Morgan fingerprint density at radius 3 is 2.47 bits per heavy atom. The Kier molecular flexibility index (Phi) is 3.29. The van der Waals surface area contributed by atoms with E-state index in [1.54, 1.807) is 11.8 Å². The van der Waals surface area contributed by atoms with Gasteiger partial charge in [0, 0.05) is 5.25 Å². The summed E-state index contributed by atoms with van der Waals surface area (Å²) >= 11 is 1.70. The normalized spacial score (nSPS) is 30.9. The van der Waals surface area contributed by atoms with Gasteiger partial charge >= 0.3 is 5.97 Å². The van der Waals surface area contributed by atoms with Crippen LogP contribution in [0.1, 0.15) is 51.9 Å². The van der Waals surface area contributed by atoms with Crippen LogP contribution in [0.25, 0.3) is 0 Å². The van der Waals surface area contributed by atoms with Gasteiger partial charge in [0.05, 0.1) is 5.25 Å². The standard InChI is InChI=1S/C12H20O2S/c1-9(11(13)14)15-10-5-8-12(10)6-3-2-4-7-12/h9-10H,2-8H2,1H3,(H,13,14). The predicted octanol–water partition coefficient (Wildman–Crippen LogP) is 3.31. The van der Waals surface area contributed by atoms with Crippen molar-refractivity contribution in [2.24, 2.45) is 5.41 Å². The number of carboxylic acids is 1. The number of rotatable bonds is 3. The fraction of sp³-hybridized carbons (Fsp3) is 0.917. The topological polar surface area (TPSA) is 37.3 Å². The van der Waals surface area contributed by atoms with Crippen molar-refractivity contribution in [3.8, 4) is 0 Å². The van der Waals surface area contributed by atoms with E-state index in [4.69, 9.17) is 5.11 Å². The molecule has 0 aromatic rings. The maximum absolute atomic E-state index is 10.8. The summed E-state index contributed by atoms with van der Waals surface area (Å²) in [4.78, 5) is 10.8. The van der Waals surface area contributed by atoms with E-state index < -0.39 is 5.97 Å². The molecule has 0 amide bonds. The first-order chi connectivity index (χ1) is 7.14. The second kappa shape index (κ2) is 4.36. The van der Waals surface area contributed by atoms with Gasteiger partial charge in [0.1, 0.15) is 0 Å². The van der Waals surface area contributed by atoms with E-state index in [9.17, 15) is 4.79 Å². The SMILES string of the molecule is CC(SC1CCC12CCCCC2)C(=O)O. The van der Waals surface area contributed by atoms with Crippen LogP contribution in [0.2, 0.25) is 0 Å². The summed E-state index contributed by atoms with van der Waals surface area (Å²) in [6.07, 6.45) is 9.37. The molecule has 2 nitrogen and oxygen atoms in total. The Morgan fingerprint density at radius 2 is 2.00 bits per heavy atom. The molecule has 0 radical (unpaired) electrons. The Labute approximate surface area is 95.8 Å². The van der Waals surface area contributed by atoms with Crippen molar-refractivity contribution in [2.45, 2.75) is 62.4 Å². The molecule has 1 spiro atoms. The molecule has 0 heterocycles. The molecule has 0 saturated heterocycles. The Morgan fingerprint density at radius 1 is 1.33 bits per heavy atom. The average molecular weight is 228 g/mol. The first-order valence-electron chi connectivity index (χ1n) is 6.02. The largest absolute Gasteiger partial charge is 0.480 e. The molecular weight excluding hydrogens is 208 g/mol. The van der Waals surface area contributed by atoms with E-state index in [0.717, 1.165) is 0 Å². The molecule has 2 unspecified atom stereocenters. The molecule has 2 atom stereocenters. The molecule has 3 heteroatoms. The number of carbonyl (C=O) groups is 1. The Hall–Kier alpha value is -0.180. The second-order valence-electron chi connectivity index (χ2n) is 5.07. The summed E-state index contributed by atoms with van der Waals surface area (Å²) < 4.78 is 0. The minimum Gasteiger partial charge on any atom is -0.480 e. The molecule has 2 rings (SSSR count). The van der Waals surface area contributed by atoms with Crippen LogP contribution in [0.3, 0.4) is 0 Å². The number of thioether (sulfide) groups is 1. The maximum Gasteiger partial charge on any atom is 0.316 e. The van der Waals surface area contributed by atoms with Gasteiger partial charge in [-0.1, -0.05) is 19.3 Å². The lowest BCUT2D eigenvalue weighted by molar-refractivity contribution is -0.136. The zero-order chi connectivity index (χ0) is 10.9. The molecule has 0 aromatic heterocycles. The minimum absolute atomic E-state index is 0.228. The summed E-state index contributed by atoms with van der Waals surface area (Å²) in [6, 6.07) is 0. The van der Waals surface area contributed by atoms with E-state index in [2.05, 4.69) is 0 Å². The van der Waals surface area contributed by atoms with Crippen LogP contribution in [0.4, 0.5) is 0 Å². The first kappa shape index (κ1) is 11.3. The van der Waals surface area contributed by atoms with Crippen LogP contribution >= 0.6 is 11.8 Å². The van der Waals surface area contributed by atoms with Crippen LogP contribution < -0.4 is 0 Å². The zero-order valence-electron chi connectivity index (χ0n) is 9.37. The molecule has 2 aliphatic carbocycles. The smallest absolute Gasteiger partial charge is 0.316 e. The number of aliphatic carboxylic acids is 1. The second-order valence-corrected chi connectivity index (χ2v) is 6.62. The summed E-state index contributed by atoms with van der Waals surface area (Å²) in [7, 11) is 0. The molecule has 0 aromatic carbocycles. The molecule has 2 aliphatic rings. The number of hydrogen-bond acceptors (Lipinski definition) is 2. The number of hydrogen-bond donors (Lipinski definition) is 1. The highest BCUT2D eigenvalue weighted by molar-refractivity contribution is 8.01. The van der Waals surface area contributed by atoms with Crippen molar-refractivity contribution in [3.05, 3.63) is 0 Å². The van der Waals surface area contributed by atoms with Crippen molar-refractivity contribution >= 4 is 17.7 Å². The Bertz CT molecular complexity index is 246. The predicted molar refractivity (Wildman–Crippen MR) is 63.2 cm³/mol. The van der Waals surface area contributed by atoms with Gasteiger partial charge in [-0.25, -0.2) is 0 Å². The molecule has 0 aliphatic heterocycles. The van der Waals surface area contributed by atoms with E-state index in [1.807, 2.05) is 6.92 Å². The highest BCUT2D eigenvalue weighted by atomic mass is 32.2. The lowest BCUT2D eigenvalue weighted by Crippen LogP contribution is -2.45. The summed E-state index contributed by atoms with van der Waals surface area (Å²) in [5.41, 5.74) is 0.534. The minimum atomic E-state index is -0.655. The first-order valence-corrected chi connectivity index (χ1v) is 6.97. The summed E-state index contributed by atoms with van der Waals surface area (Å²) in [5, 5.41) is 9.32. The van der Waals surface area contributed by atoms with Gasteiger partial charge in [0.15, 0.2) is 0 Å². The van der Waals surface area contributed by atoms with Crippen LogP contribution in [-0.4, -0.2) is 21.6 Å². The number of carboxylic acid groups (broad SMARTS) is 1. The quantitative estimate of drug-likeness (QED) is 0.805. The van der Waals surface area contributed by atoms with E-state index >= 15 is 0 Å². The third-order valence-electron chi connectivity index (χ3n) is 4.15. The lowest BCUT2D eigenvalue weighted by Gasteiger charge is -2.52. The molecule has 1 N–H and O–H groups in total. The van der Waals surface area contributed by atoms with Crippen molar-refractivity contribution in [1.82, 2.24) is 0 Å². The monoisotopic (exact) mass is 228 g/mol. The highest BCUT2D eigenvalue weighted by Gasteiger charge is 2.47. The third kappa shape index (κ3) is 2.17. The van der Waals surface area contributed by atoms with Crippen molar-refractivity contribution < 1.29 is 9.90 Å². The van der Waals surface area contributed by atoms with Gasteiger partial charge in [0.2, 0.25) is 0 Å². The molecular formula is C12H20O2S. The van der Waals surface area contributed by atoms with Gasteiger partial charge in [-0.2, -0.15) is 0 Å². The van der Waals surface area contributed by atoms with Crippen molar-refractivity contribution in [3.63, 3.8) is 0 Å². The van der Waals surface area contributed by atoms with Gasteiger partial charge in [-0.15, -0.1) is 11.8 Å². The fourth-order valence-electron chi connectivity index (χ4n) is 3.02. The molecule has 15 heavy (non-hydrogen) atoms. The summed E-state index contributed by atoms with van der Waals surface area (Å²) in [5.74, 6) is -0.655. The van der Waals surface area contributed by atoms with Crippen LogP contribution in [-0.2, 0) is 4.79 Å². The summed E-state index contributed by atoms with van der Waals surface area (Å²) in [6.45, 7) is 1.82. The van der Waals surface area contributed by atoms with E-state index in [-0.39, 0.29) is 5.25 Å². The maximum atomic E-state index is 10.8. The highest BCUT2D eigenvalue weighted by Crippen LogP contribution is 2.57. The van der Waals surface area contributed by atoms with Gasteiger partial charge in [-0.05, 0) is 38.0 Å². The molecule has 86 valence electrons. The fourth-order valence-corrected chi connectivity index (χ4v) is 4.52. The Balaban J connectivity index is 1.90. The van der Waals surface area contributed by atoms with Gasteiger partial charge in [-0.3, -0.25) is 4.79 Å². The average Bonchev–Trinajstić information content (AvgIpc) is 2.25. The van der Waals surface area contributed by atoms with Crippen LogP contribution in [0.15, 0.2) is 0 Å². The van der Waals surface area contributed by atoms with Gasteiger partial charge in [0.25, 0.3) is 0 Å². The van der Waals surface area contributed by atoms with E-state index in [1.165, 1.54) is 44.9 Å². The molecule has 0 bridgehead atoms. The van der Waals surface area contributed by atoms with Gasteiger partial charge < -0.3 is 5.11 Å². The molecule has 2 saturated carbocycles. The lowest BCUT2D eigenvalue weighted by atomic mass is 9.60. The van der Waals surface area contributed by atoms with Crippen LogP contribution in [0, 0.1) is 5.41 Å².